The van der Waals surface area contributed by atoms with Crippen LogP contribution in [0.25, 0.3) is 0 Å². The molecule has 0 unspecified atom stereocenters. The molecule has 1 aliphatic rings. The van der Waals surface area contributed by atoms with Crippen molar-refractivity contribution < 1.29 is 19.1 Å². The number of ketones is 1. The normalized spacial score (nSPS) is 12.3. The molecule has 5 nitrogen and oxygen atoms in total. The van der Waals surface area contributed by atoms with Crippen molar-refractivity contribution in [3.05, 3.63) is 87.9 Å². The molecule has 0 aromatic heterocycles. The Balaban J connectivity index is 1.69. The standard InChI is InChI=1S/C23H18BrNO4/c24-18-9-5-4-8-16(18)23(27)17-13-20-21(29-11-10-28-20)14-19(17)25-22(26)12-15-6-2-1-3-7-15/h1-9,13-14H,10-12H2,(H,25,26). The number of amides is 1. The number of carbonyl (C=O) groups is 2. The van der Waals surface area contributed by atoms with Gasteiger partial charge in [0.2, 0.25) is 5.91 Å². The minimum Gasteiger partial charge on any atom is -0.486 e. The summed E-state index contributed by atoms with van der Waals surface area (Å²) in [6.45, 7) is 0.831. The fraction of sp³-hybridized carbons (Fsp3) is 0.130. The number of ether oxygens (including phenoxy) is 2. The van der Waals surface area contributed by atoms with Gasteiger partial charge in [-0.05, 0) is 23.8 Å². The third kappa shape index (κ3) is 4.32. The summed E-state index contributed by atoms with van der Waals surface area (Å²) in [7, 11) is 0. The average Bonchev–Trinajstić information content (AvgIpc) is 2.74. The number of benzene rings is 3. The van der Waals surface area contributed by atoms with Crippen molar-refractivity contribution in [2.24, 2.45) is 0 Å². The van der Waals surface area contributed by atoms with E-state index >= 15 is 0 Å². The maximum Gasteiger partial charge on any atom is 0.228 e. The lowest BCUT2D eigenvalue weighted by molar-refractivity contribution is -0.115. The first-order valence-electron chi connectivity index (χ1n) is 9.18. The summed E-state index contributed by atoms with van der Waals surface area (Å²) in [6.07, 6.45) is 0.206. The average molecular weight is 452 g/mol. The van der Waals surface area contributed by atoms with Gasteiger partial charge in [-0.25, -0.2) is 0 Å². The molecule has 3 aromatic carbocycles. The first kappa shape index (κ1) is 19.2. The van der Waals surface area contributed by atoms with Crippen LogP contribution in [0.5, 0.6) is 11.5 Å². The summed E-state index contributed by atoms with van der Waals surface area (Å²) in [5.74, 6) is 0.571. The van der Waals surface area contributed by atoms with Gasteiger partial charge < -0.3 is 14.8 Å². The Hall–Kier alpha value is -3.12. The smallest absolute Gasteiger partial charge is 0.228 e. The Morgan fingerprint density at radius 1 is 0.862 bits per heavy atom. The minimum atomic E-state index is -0.218. The number of carbonyl (C=O) groups excluding carboxylic acids is 2. The van der Waals surface area contributed by atoms with Crippen molar-refractivity contribution in [1.82, 2.24) is 0 Å². The van der Waals surface area contributed by atoms with E-state index in [1.807, 2.05) is 36.4 Å². The molecule has 1 heterocycles. The summed E-state index contributed by atoms with van der Waals surface area (Å²) >= 11 is 3.42. The fourth-order valence-electron chi connectivity index (χ4n) is 3.15. The predicted octanol–water partition coefficient (Wildman–Crippen LogP) is 4.63. The molecule has 29 heavy (non-hydrogen) atoms. The Bertz CT molecular complexity index is 1070. The molecule has 146 valence electrons. The quantitative estimate of drug-likeness (QED) is 0.574. The molecule has 0 atom stereocenters. The lowest BCUT2D eigenvalue weighted by atomic mass is 10.0. The van der Waals surface area contributed by atoms with Crippen LogP contribution >= 0.6 is 15.9 Å². The highest BCUT2D eigenvalue weighted by molar-refractivity contribution is 9.10. The Morgan fingerprint density at radius 3 is 2.24 bits per heavy atom. The van der Waals surface area contributed by atoms with Crippen LogP contribution in [0.4, 0.5) is 5.69 Å². The van der Waals surface area contributed by atoms with Gasteiger partial charge >= 0.3 is 0 Å². The van der Waals surface area contributed by atoms with Crippen molar-refractivity contribution in [2.75, 3.05) is 18.5 Å². The summed E-state index contributed by atoms with van der Waals surface area (Å²) in [4.78, 5) is 25.9. The number of hydrogen-bond acceptors (Lipinski definition) is 4. The second kappa shape index (κ2) is 8.49. The molecular formula is C23H18BrNO4. The van der Waals surface area contributed by atoms with Crippen LogP contribution in [0.1, 0.15) is 21.5 Å². The molecule has 1 N–H and O–H groups in total. The molecule has 0 fully saturated rings. The number of halogens is 1. The van der Waals surface area contributed by atoms with Gasteiger partial charge in [0.05, 0.1) is 17.7 Å². The monoisotopic (exact) mass is 451 g/mol. The highest BCUT2D eigenvalue weighted by Crippen LogP contribution is 2.37. The molecule has 6 heteroatoms. The highest BCUT2D eigenvalue weighted by atomic mass is 79.9. The molecule has 1 amide bonds. The van der Waals surface area contributed by atoms with Gasteiger partial charge in [0.25, 0.3) is 0 Å². The second-order valence-corrected chi connectivity index (χ2v) is 7.42. The lowest BCUT2D eigenvalue weighted by Crippen LogP contribution is -2.20. The Morgan fingerprint density at radius 2 is 1.52 bits per heavy atom. The molecule has 0 saturated carbocycles. The van der Waals surface area contributed by atoms with E-state index in [2.05, 4.69) is 21.2 Å². The molecular weight excluding hydrogens is 434 g/mol. The van der Waals surface area contributed by atoms with Crippen molar-refractivity contribution in [2.45, 2.75) is 6.42 Å². The number of hydrogen-bond donors (Lipinski definition) is 1. The maximum atomic E-state index is 13.2. The largest absolute Gasteiger partial charge is 0.486 e. The molecule has 3 aromatic rings. The molecule has 4 rings (SSSR count). The van der Waals surface area contributed by atoms with Gasteiger partial charge in [0.15, 0.2) is 17.3 Å². The fourth-order valence-corrected chi connectivity index (χ4v) is 3.61. The molecule has 0 aliphatic carbocycles. The highest BCUT2D eigenvalue weighted by Gasteiger charge is 2.23. The number of nitrogens with one attached hydrogen (secondary N) is 1. The van der Waals surface area contributed by atoms with Crippen LogP contribution in [0.15, 0.2) is 71.2 Å². The van der Waals surface area contributed by atoms with Crippen LogP contribution in [0.2, 0.25) is 0 Å². The lowest BCUT2D eigenvalue weighted by Gasteiger charge is -2.21. The van der Waals surface area contributed by atoms with Crippen molar-refractivity contribution in [3.8, 4) is 11.5 Å². The Labute approximate surface area is 176 Å². The zero-order valence-electron chi connectivity index (χ0n) is 15.5. The van der Waals surface area contributed by atoms with Crippen LogP contribution in [-0.2, 0) is 11.2 Å². The zero-order valence-corrected chi connectivity index (χ0v) is 17.1. The van der Waals surface area contributed by atoms with Crippen LogP contribution in [0, 0.1) is 0 Å². The molecule has 0 radical (unpaired) electrons. The summed E-state index contributed by atoms with van der Waals surface area (Å²) in [6, 6.07) is 19.9. The van der Waals surface area contributed by atoms with Crippen molar-refractivity contribution in [1.29, 1.82) is 0 Å². The van der Waals surface area contributed by atoms with Gasteiger partial charge in [-0.2, -0.15) is 0 Å². The summed E-state index contributed by atoms with van der Waals surface area (Å²) in [5.41, 5.74) is 2.14. The van der Waals surface area contributed by atoms with E-state index < -0.39 is 0 Å². The minimum absolute atomic E-state index is 0.206. The molecule has 1 aliphatic heterocycles. The van der Waals surface area contributed by atoms with Crippen molar-refractivity contribution >= 4 is 33.3 Å². The molecule has 0 saturated heterocycles. The van der Waals surface area contributed by atoms with Gasteiger partial charge in [-0.1, -0.05) is 58.4 Å². The zero-order chi connectivity index (χ0) is 20.2. The van der Waals surface area contributed by atoms with E-state index in [1.165, 1.54) is 0 Å². The van der Waals surface area contributed by atoms with E-state index in [4.69, 9.17) is 9.47 Å². The third-order valence-corrected chi connectivity index (χ3v) is 5.22. The first-order valence-corrected chi connectivity index (χ1v) is 9.98. The summed E-state index contributed by atoms with van der Waals surface area (Å²) < 4.78 is 11.9. The van der Waals surface area contributed by atoms with E-state index in [0.29, 0.717) is 46.0 Å². The molecule has 0 spiro atoms. The van der Waals surface area contributed by atoms with E-state index in [1.54, 1.807) is 30.3 Å². The Kier molecular flexibility index (Phi) is 5.62. The van der Waals surface area contributed by atoms with Crippen molar-refractivity contribution in [3.63, 3.8) is 0 Å². The van der Waals surface area contributed by atoms with Crippen LogP contribution in [0.3, 0.4) is 0 Å². The van der Waals surface area contributed by atoms with Gasteiger partial charge in [0.1, 0.15) is 13.2 Å². The van der Waals surface area contributed by atoms with Gasteiger partial charge in [0, 0.05) is 16.1 Å². The number of rotatable bonds is 5. The number of anilines is 1. The second-order valence-electron chi connectivity index (χ2n) is 6.56. The molecule has 0 bridgehead atoms. The first-order chi connectivity index (χ1) is 14.1. The van der Waals surface area contributed by atoms with Gasteiger partial charge in [-0.15, -0.1) is 0 Å². The van der Waals surface area contributed by atoms with Gasteiger partial charge in [-0.3, -0.25) is 9.59 Å². The maximum absolute atomic E-state index is 13.2. The SMILES string of the molecule is O=C(Cc1ccccc1)Nc1cc2c(cc1C(=O)c1ccccc1Br)OCCO2. The van der Waals surface area contributed by atoms with Crippen LogP contribution < -0.4 is 14.8 Å². The van der Waals surface area contributed by atoms with Crippen LogP contribution in [-0.4, -0.2) is 24.9 Å². The third-order valence-electron chi connectivity index (χ3n) is 4.53. The van der Waals surface area contributed by atoms with E-state index in [9.17, 15) is 9.59 Å². The number of fused-ring (bicyclic) bond motifs is 1. The summed E-state index contributed by atoms with van der Waals surface area (Å²) in [5, 5.41) is 2.87. The van der Waals surface area contributed by atoms with E-state index in [-0.39, 0.29) is 18.1 Å². The topological polar surface area (TPSA) is 64.6 Å². The van der Waals surface area contributed by atoms with E-state index in [0.717, 1.165) is 5.56 Å². The predicted molar refractivity (Wildman–Crippen MR) is 114 cm³/mol.